The molecule has 1 spiro atoms. The summed E-state index contributed by atoms with van der Waals surface area (Å²) in [6, 6.07) is 19.6. The van der Waals surface area contributed by atoms with Crippen molar-refractivity contribution in [3.05, 3.63) is 65.7 Å². The zero-order valence-electron chi connectivity index (χ0n) is 16.5. The van der Waals surface area contributed by atoms with Crippen LogP contribution in [0.15, 0.2) is 54.6 Å². The molecule has 3 aliphatic rings. The van der Waals surface area contributed by atoms with E-state index in [1.54, 1.807) is 0 Å². The largest absolute Gasteiger partial charge is 0.489 e. The second-order valence-electron chi connectivity index (χ2n) is 8.58. The van der Waals surface area contributed by atoms with Crippen LogP contribution in [0.2, 0.25) is 0 Å². The molecule has 3 fully saturated rings. The van der Waals surface area contributed by atoms with Crippen molar-refractivity contribution >= 4 is 0 Å². The van der Waals surface area contributed by atoms with Crippen molar-refractivity contribution in [1.82, 2.24) is 10.2 Å². The summed E-state index contributed by atoms with van der Waals surface area (Å²) in [6.07, 6.45) is 3.60. The maximum atomic E-state index is 6.21. The Bertz CT molecular complexity index is 782. The van der Waals surface area contributed by atoms with Crippen molar-refractivity contribution in [3.8, 4) is 5.75 Å². The van der Waals surface area contributed by atoms with Crippen LogP contribution in [0.25, 0.3) is 0 Å². The Morgan fingerprint density at radius 3 is 2.46 bits per heavy atom. The van der Waals surface area contributed by atoms with Crippen molar-refractivity contribution in [3.63, 3.8) is 0 Å². The average Bonchev–Trinajstić information content (AvgIpc) is 3.20. The highest BCUT2D eigenvalue weighted by atomic mass is 16.5. The SMILES string of the molecule is c1ccc(COc2ccccc2C2CCN([C@@H]3COC4(CNC4)C3)CC2)cc1. The first-order chi connectivity index (χ1) is 13.8. The van der Waals surface area contributed by atoms with E-state index < -0.39 is 0 Å². The lowest BCUT2D eigenvalue weighted by atomic mass is 9.86. The number of nitrogens with zero attached hydrogens (tertiary/aromatic N) is 1. The zero-order chi connectivity index (χ0) is 18.8. The number of nitrogens with one attached hydrogen (secondary N) is 1. The smallest absolute Gasteiger partial charge is 0.123 e. The van der Waals surface area contributed by atoms with Gasteiger partial charge in [-0.15, -0.1) is 0 Å². The molecule has 1 atom stereocenters. The van der Waals surface area contributed by atoms with Crippen LogP contribution in [-0.2, 0) is 11.3 Å². The highest BCUT2D eigenvalue weighted by Gasteiger charge is 2.47. The molecule has 148 valence electrons. The molecule has 5 rings (SSSR count). The number of para-hydroxylation sites is 1. The molecule has 0 unspecified atom stereocenters. The van der Waals surface area contributed by atoms with Gasteiger partial charge in [0.15, 0.2) is 0 Å². The normalized spacial score (nSPS) is 24.9. The van der Waals surface area contributed by atoms with E-state index in [0.717, 1.165) is 38.5 Å². The fourth-order valence-electron chi connectivity index (χ4n) is 4.97. The molecule has 28 heavy (non-hydrogen) atoms. The minimum absolute atomic E-state index is 0.152. The van der Waals surface area contributed by atoms with Crippen molar-refractivity contribution in [2.24, 2.45) is 0 Å². The van der Waals surface area contributed by atoms with Gasteiger partial charge in [0.2, 0.25) is 0 Å². The van der Waals surface area contributed by atoms with Crippen LogP contribution in [0.4, 0.5) is 0 Å². The fraction of sp³-hybridized carbons (Fsp3) is 0.500. The number of rotatable bonds is 5. The quantitative estimate of drug-likeness (QED) is 0.862. The van der Waals surface area contributed by atoms with Gasteiger partial charge in [-0.25, -0.2) is 0 Å². The molecule has 0 radical (unpaired) electrons. The standard InChI is InChI=1S/C24H30N2O2/c1-2-6-19(7-3-1)15-27-23-9-5-4-8-22(23)20-10-12-26(13-11-20)21-14-24(28-16-21)17-25-18-24/h1-9,20-21,25H,10-18H2/t21-/m0/s1. The van der Waals surface area contributed by atoms with Crippen molar-refractivity contribution in [2.75, 3.05) is 32.8 Å². The van der Waals surface area contributed by atoms with Gasteiger partial charge in [0.05, 0.1) is 12.2 Å². The van der Waals surface area contributed by atoms with Gasteiger partial charge in [-0.3, -0.25) is 4.90 Å². The lowest BCUT2D eigenvalue weighted by molar-refractivity contribution is -0.0367. The van der Waals surface area contributed by atoms with E-state index in [-0.39, 0.29) is 5.60 Å². The molecule has 3 saturated heterocycles. The second kappa shape index (κ2) is 7.86. The van der Waals surface area contributed by atoms with Gasteiger partial charge in [0, 0.05) is 19.1 Å². The lowest BCUT2D eigenvalue weighted by Crippen LogP contribution is -2.59. The van der Waals surface area contributed by atoms with Gasteiger partial charge in [0.25, 0.3) is 0 Å². The second-order valence-corrected chi connectivity index (χ2v) is 8.58. The summed E-state index contributed by atoms with van der Waals surface area (Å²) in [7, 11) is 0. The molecule has 0 aromatic heterocycles. The van der Waals surface area contributed by atoms with Gasteiger partial charge in [-0.05, 0) is 55.5 Å². The number of benzene rings is 2. The summed E-state index contributed by atoms with van der Waals surface area (Å²) in [5.41, 5.74) is 2.74. The molecule has 0 saturated carbocycles. The van der Waals surface area contributed by atoms with E-state index in [1.807, 2.05) is 6.07 Å². The Kier molecular flexibility index (Phi) is 5.10. The van der Waals surface area contributed by atoms with Crippen LogP contribution >= 0.6 is 0 Å². The van der Waals surface area contributed by atoms with E-state index in [0.29, 0.717) is 18.6 Å². The van der Waals surface area contributed by atoms with Crippen LogP contribution in [-0.4, -0.2) is 49.3 Å². The predicted octanol–water partition coefficient (Wildman–Crippen LogP) is 3.58. The Morgan fingerprint density at radius 2 is 1.75 bits per heavy atom. The number of hydrogen-bond donors (Lipinski definition) is 1. The summed E-state index contributed by atoms with van der Waals surface area (Å²) < 4.78 is 12.3. The van der Waals surface area contributed by atoms with Crippen molar-refractivity contribution < 1.29 is 9.47 Å². The molecular formula is C24H30N2O2. The van der Waals surface area contributed by atoms with E-state index in [9.17, 15) is 0 Å². The molecule has 4 nitrogen and oxygen atoms in total. The van der Waals surface area contributed by atoms with Gasteiger partial charge in [-0.1, -0.05) is 48.5 Å². The molecule has 2 aromatic rings. The molecule has 0 aliphatic carbocycles. The van der Waals surface area contributed by atoms with Crippen LogP contribution < -0.4 is 10.1 Å². The number of piperidine rings is 1. The Balaban J connectivity index is 1.19. The van der Waals surface area contributed by atoms with Crippen LogP contribution in [0.3, 0.4) is 0 Å². The van der Waals surface area contributed by atoms with Gasteiger partial charge in [0.1, 0.15) is 12.4 Å². The zero-order valence-corrected chi connectivity index (χ0v) is 16.5. The van der Waals surface area contributed by atoms with E-state index in [1.165, 1.54) is 30.4 Å². The Hall–Kier alpha value is -1.88. The van der Waals surface area contributed by atoms with Gasteiger partial charge in [-0.2, -0.15) is 0 Å². The maximum Gasteiger partial charge on any atom is 0.123 e. The molecule has 0 amide bonds. The maximum absolute atomic E-state index is 6.21. The van der Waals surface area contributed by atoms with Gasteiger partial charge >= 0.3 is 0 Å². The number of ether oxygens (including phenoxy) is 2. The number of likely N-dealkylation sites (tertiary alicyclic amines) is 1. The van der Waals surface area contributed by atoms with Crippen LogP contribution in [0, 0.1) is 0 Å². The minimum Gasteiger partial charge on any atom is -0.489 e. The number of hydrogen-bond acceptors (Lipinski definition) is 4. The average molecular weight is 379 g/mol. The summed E-state index contributed by atoms with van der Waals surface area (Å²) in [5, 5.41) is 3.37. The minimum atomic E-state index is 0.152. The predicted molar refractivity (Wildman–Crippen MR) is 111 cm³/mol. The van der Waals surface area contributed by atoms with E-state index in [4.69, 9.17) is 9.47 Å². The summed E-state index contributed by atoms with van der Waals surface area (Å²) in [6.45, 7) is 5.93. The molecule has 3 heterocycles. The molecule has 1 N–H and O–H groups in total. The third-order valence-corrected chi connectivity index (χ3v) is 6.73. The molecule has 0 bridgehead atoms. The molecule has 3 aliphatic heterocycles. The van der Waals surface area contributed by atoms with Crippen molar-refractivity contribution in [2.45, 2.75) is 43.4 Å². The summed E-state index contributed by atoms with van der Waals surface area (Å²) >= 11 is 0. The first kappa shape index (κ1) is 18.2. The highest BCUT2D eigenvalue weighted by molar-refractivity contribution is 5.37. The Labute approximate surface area is 167 Å². The van der Waals surface area contributed by atoms with Gasteiger partial charge < -0.3 is 14.8 Å². The first-order valence-corrected chi connectivity index (χ1v) is 10.7. The third kappa shape index (κ3) is 3.69. The summed E-state index contributed by atoms with van der Waals surface area (Å²) in [5.74, 6) is 1.64. The molecule has 2 aromatic carbocycles. The Morgan fingerprint density at radius 1 is 1.00 bits per heavy atom. The van der Waals surface area contributed by atoms with E-state index in [2.05, 4.69) is 58.7 Å². The van der Waals surface area contributed by atoms with Crippen LogP contribution in [0.1, 0.15) is 36.3 Å². The first-order valence-electron chi connectivity index (χ1n) is 10.7. The summed E-state index contributed by atoms with van der Waals surface area (Å²) in [4.78, 5) is 2.66. The van der Waals surface area contributed by atoms with E-state index >= 15 is 0 Å². The molecule has 4 heteroatoms. The highest BCUT2D eigenvalue weighted by Crippen LogP contribution is 2.38. The fourth-order valence-corrected chi connectivity index (χ4v) is 4.97. The topological polar surface area (TPSA) is 33.7 Å². The monoisotopic (exact) mass is 378 g/mol. The van der Waals surface area contributed by atoms with Crippen LogP contribution in [0.5, 0.6) is 5.75 Å². The van der Waals surface area contributed by atoms with Crippen molar-refractivity contribution in [1.29, 1.82) is 0 Å². The lowest BCUT2D eigenvalue weighted by Gasteiger charge is -2.40. The third-order valence-electron chi connectivity index (χ3n) is 6.73. The molecular weight excluding hydrogens is 348 g/mol.